The number of aliphatic hydroxyl groups excluding tert-OH is 1. The second-order valence-electron chi connectivity index (χ2n) is 4.96. The third-order valence-corrected chi connectivity index (χ3v) is 3.49. The molecule has 1 fully saturated rings. The molecule has 3 nitrogen and oxygen atoms in total. The first-order chi connectivity index (χ1) is 9.72. The molecule has 0 amide bonds. The lowest BCUT2D eigenvalue weighted by atomic mass is 10.1. The van der Waals surface area contributed by atoms with Crippen LogP contribution in [0.1, 0.15) is 24.0 Å². The van der Waals surface area contributed by atoms with Crippen LogP contribution in [-0.2, 0) is 11.3 Å². The standard InChI is InChI=1S/C16H20FNO2/c1-20-16-7-8-18(12-16)11-14-5-6-15(17)10-13(14)4-2-3-9-19/h5-6,10,16,19H,3,7-9,11-12H2,1H3. The average molecular weight is 277 g/mol. The van der Waals surface area contributed by atoms with Gasteiger partial charge in [-0.2, -0.15) is 0 Å². The highest BCUT2D eigenvalue weighted by Gasteiger charge is 2.22. The number of hydrogen-bond acceptors (Lipinski definition) is 3. The van der Waals surface area contributed by atoms with E-state index in [0.717, 1.165) is 31.6 Å². The molecule has 1 aromatic rings. The maximum atomic E-state index is 13.3. The minimum absolute atomic E-state index is 0.0271. The first-order valence-corrected chi connectivity index (χ1v) is 6.86. The first-order valence-electron chi connectivity index (χ1n) is 6.86. The summed E-state index contributed by atoms with van der Waals surface area (Å²) in [5.74, 6) is 5.52. The molecule has 2 rings (SSSR count). The van der Waals surface area contributed by atoms with E-state index in [1.807, 2.05) is 0 Å². The van der Waals surface area contributed by atoms with Crippen molar-refractivity contribution in [3.05, 3.63) is 35.1 Å². The van der Waals surface area contributed by atoms with Crippen molar-refractivity contribution < 1.29 is 14.2 Å². The van der Waals surface area contributed by atoms with Crippen LogP contribution in [0.5, 0.6) is 0 Å². The van der Waals surface area contributed by atoms with Gasteiger partial charge in [0.2, 0.25) is 0 Å². The van der Waals surface area contributed by atoms with E-state index in [2.05, 4.69) is 16.7 Å². The zero-order valence-electron chi connectivity index (χ0n) is 11.7. The molecule has 1 atom stereocenters. The lowest BCUT2D eigenvalue weighted by Gasteiger charge is -2.16. The molecule has 4 heteroatoms. The van der Waals surface area contributed by atoms with Gasteiger partial charge >= 0.3 is 0 Å². The Morgan fingerprint density at radius 2 is 2.35 bits per heavy atom. The molecule has 1 aliphatic heterocycles. The number of nitrogens with zero attached hydrogens (tertiary/aromatic N) is 1. The fraction of sp³-hybridized carbons (Fsp3) is 0.500. The number of aliphatic hydroxyl groups is 1. The molecule has 0 saturated carbocycles. The van der Waals surface area contributed by atoms with E-state index in [0.29, 0.717) is 18.1 Å². The van der Waals surface area contributed by atoms with Crippen LogP contribution < -0.4 is 0 Å². The molecule has 0 aromatic heterocycles. The van der Waals surface area contributed by atoms with E-state index >= 15 is 0 Å². The van der Waals surface area contributed by atoms with Crippen molar-refractivity contribution in [1.29, 1.82) is 0 Å². The normalized spacial score (nSPS) is 18.9. The Hall–Kier alpha value is -1.41. The maximum Gasteiger partial charge on any atom is 0.124 e. The molecule has 1 unspecified atom stereocenters. The van der Waals surface area contributed by atoms with Gasteiger partial charge in [0.25, 0.3) is 0 Å². The van der Waals surface area contributed by atoms with Crippen molar-refractivity contribution in [1.82, 2.24) is 4.90 Å². The summed E-state index contributed by atoms with van der Waals surface area (Å²) in [6.45, 7) is 2.67. The van der Waals surface area contributed by atoms with Crippen molar-refractivity contribution in [3.8, 4) is 11.8 Å². The molecule has 1 aromatic carbocycles. The van der Waals surface area contributed by atoms with E-state index in [4.69, 9.17) is 9.84 Å². The molecule has 0 aliphatic carbocycles. The highest BCUT2D eigenvalue weighted by molar-refractivity contribution is 5.41. The summed E-state index contributed by atoms with van der Waals surface area (Å²) in [7, 11) is 1.73. The van der Waals surface area contributed by atoms with E-state index in [1.54, 1.807) is 13.2 Å². The third kappa shape index (κ3) is 4.04. The van der Waals surface area contributed by atoms with Crippen LogP contribution in [0.15, 0.2) is 18.2 Å². The Morgan fingerprint density at radius 3 is 3.05 bits per heavy atom. The van der Waals surface area contributed by atoms with Crippen molar-refractivity contribution in [3.63, 3.8) is 0 Å². The molecular formula is C16H20FNO2. The van der Waals surface area contributed by atoms with Gasteiger partial charge in [0.05, 0.1) is 12.7 Å². The van der Waals surface area contributed by atoms with Gasteiger partial charge in [0.15, 0.2) is 0 Å². The lowest BCUT2D eigenvalue weighted by molar-refractivity contribution is 0.107. The molecule has 0 radical (unpaired) electrons. The molecule has 0 spiro atoms. The van der Waals surface area contributed by atoms with Gasteiger partial charge in [-0.15, -0.1) is 0 Å². The van der Waals surface area contributed by atoms with Gasteiger partial charge in [-0.3, -0.25) is 4.90 Å². The number of ether oxygens (including phenoxy) is 1. The topological polar surface area (TPSA) is 32.7 Å². The SMILES string of the molecule is COC1CCN(Cc2ccc(F)cc2C#CCCO)C1. The number of likely N-dealkylation sites (tertiary alicyclic amines) is 1. The summed E-state index contributed by atoms with van der Waals surface area (Å²) in [6.07, 6.45) is 1.73. The lowest BCUT2D eigenvalue weighted by Crippen LogP contribution is -2.22. The van der Waals surface area contributed by atoms with Crippen molar-refractivity contribution in [2.24, 2.45) is 0 Å². The number of hydrogen-bond donors (Lipinski definition) is 1. The molecule has 0 bridgehead atoms. The monoisotopic (exact) mass is 277 g/mol. The molecule has 1 N–H and O–H groups in total. The van der Waals surface area contributed by atoms with Crippen LogP contribution in [0, 0.1) is 17.7 Å². The molecule has 108 valence electrons. The summed E-state index contributed by atoms with van der Waals surface area (Å²) >= 11 is 0. The number of halogens is 1. The third-order valence-electron chi connectivity index (χ3n) is 3.49. The highest BCUT2D eigenvalue weighted by Crippen LogP contribution is 2.18. The van der Waals surface area contributed by atoms with Crippen LogP contribution >= 0.6 is 0 Å². The zero-order chi connectivity index (χ0) is 14.4. The fourth-order valence-corrected chi connectivity index (χ4v) is 2.39. The Morgan fingerprint density at radius 1 is 1.50 bits per heavy atom. The number of methoxy groups -OCH3 is 1. The van der Waals surface area contributed by atoms with Crippen LogP contribution in [0.25, 0.3) is 0 Å². The summed E-state index contributed by atoms with van der Waals surface area (Å²) in [6, 6.07) is 4.72. The second-order valence-corrected chi connectivity index (χ2v) is 4.96. The van der Waals surface area contributed by atoms with Crippen LogP contribution in [0.2, 0.25) is 0 Å². The van der Waals surface area contributed by atoms with Crippen molar-refractivity contribution >= 4 is 0 Å². The number of rotatable bonds is 4. The van der Waals surface area contributed by atoms with Gasteiger partial charge in [-0.25, -0.2) is 4.39 Å². The molecule has 20 heavy (non-hydrogen) atoms. The predicted octanol–water partition coefficient (Wildman–Crippen LogP) is 1.78. The zero-order valence-corrected chi connectivity index (χ0v) is 11.7. The van der Waals surface area contributed by atoms with E-state index in [1.165, 1.54) is 12.1 Å². The molecule has 1 saturated heterocycles. The predicted molar refractivity (Wildman–Crippen MR) is 75.7 cm³/mol. The fourth-order valence-electron chi connectivity index (χ4n) is 2.39. The van der Waals surface area contributed by atoms with Crippen molar-refractivity contribution in [2.75, 3.05) is 26.8 Å². The Balaban J connectivity index is 2.09. The van der Waals surface area contributed by atoms with Gasteiger partial charge in [0, 0.05) is 38.7 Å². The van der Waals surface area contributed by atoms with E-state index < -0.39 is 0 Å². The summed E-state index contributed by atoms with van der Waals surface area (Å²) < 4.78 is 18.7. The molecule has 1 aliphatic rings. The summed E-state index contributed by atoms with van der Waals surface area (Å²) in [4.78, 5) is 2.29. The highest BCUT2D eigenvalue weighted by atomic mass is 19.1. The van der Waals surface area contributed by atoms with Gasteiger partial charge in [0.1, 0.15) is 5.82 Å². The first kappa shape index (κ1) is 15.0. The Bertz CT molecular complexity index is 507. The van der Waals surface area contributed by atoms with Crippen LogP contribution in [-0.4, -0.2) is 42.9 Å². The summed E-state index contributed by atoms with van der Waals surface area (Å²) in [5.41, 5.74) is 1.73. The van der Waals surface area contributed by atoms with Crippen LogP contribution in [0.3, 0.4) is 0 Å². The van der Waals surface area contributed by atoms with E-state index in [9.17, 15) is 4.39 Å². The Kier molecular flexibility index (Phi) is 5.54. The Labute approximate surface area is 119 Å². The summed E-state index contributed by atoms with van der Waals surface area (Å²) in [5, 5.41) is 8.76. The molecule has 1 heterocycles. The van der Waals surface area contributed by atoms with Gasteiger partial charge in [-0.05, 0) is 24.1 Å². The molecular weight excluding hydrogens is 257 g/mol. The smallest absolute Gasteiger partial charge is 0.124 e. The number of benzene rings is 1. The van der Waals surface area contributed by atoms with Gasteiger partial charge < -0.3 is 9.84 Å². The van der Waals surface area contributed by atoms with E-state index in [-0.39, 0.29) is 12.4 Å². The minimum atomic E-state index is -0.279. The quantitative estimate of drug-likeness (QED) is 0.852. The van der Waals surface area contributed by atoms with Crippen molar-refractivity contribution in [2.45, 2.75) is 25.5 Å². The average Bonchev–Trinajstić information content (AvgIpc) is 2.90. The van der Waals surface area contributed by atoms with Gasteiger partial charge in [-0.1, -0.05) is 17.9 Å². The second kappa shape index (κ2) is 7.39. The maximum absolute atomic E-state index is 13.3. The minimum Gasteiger partial charge on any atom is -0.395 e. The van der Waals surface area contributed by atoms with Crippen LogP contribution in [0.4, 0.5) is 4.39 Å². The largest absolute Gasteiger partial charge is 0.395 e.